The number of hydrogen-bond donors (Lipinski definition) is 3. The maximum Gasteiger partial charge on any atom is 0.321 e. The first-order valence-corrected chi connectivity index (χ1v) is 8.73. The van der Waals surface area contributed by atoms with E-state index in [2.05, 4.69) is 10.6 Å². The van der Waals surface area contributed by atoms with Crippen LogP contribution in [0.3, 0.4) is 0 Å². The minimum atomic E-state index is -0.824. The molecule has 3 rings (SSSR count). The summed E-state index contributed by atoms with van der Waals surface area (Å²) >= 11 is 0. The first-order valence-electron chi connectivity index (χ1n) is 8.73. The van der Waals surface area contributed by atoms with Crippen molar-refractivity contribution in [1.82, 2.24) is 5.32 Å². The van der Waals surface area contributed by atoms with E-state index >= 15 is 0 Å². The van der Waals surface area contributed by atoms with Gasteiger partial charge in [-0.1, -0.05) is 12.5 Å². The van der Waals surface area contributed by atoms with E-state index in [-0.39, 0.29) is 17.9 Å². The number of hydrogen-bond acceptors (Lipinski definition) is 3. The Morgan fingerprint density at radius 2 is 2.00 bits per heavy atom. The monoisotopic (exact) mass is 345 g/mol. The zero-order valence-corrected chi connectivity index (χ0v) is 14.0. The van der Waals surface area contributed by atoms with Gasteiger partial charge in [0.25, 0.3) is 0 Å². The molecule has 0 bridgehead atoms. The molecule has 0 spiro atoms. The van der Waals surface area contributed by atoms with Crippen LogP contribution in [0.25, 0.3) is 0 Å². The van der Waals surface area contributed by atoms with Crippen LogP contribution in [-0.2, 0) is 9.59 Å². The Hall–Kier alpha value is -2.57. The zero-order valence-electron chi connectivity index (χ0n) is 14.0. The normalized spacial score (nSPS) is 23.7. The molecule has 2 fully saturated rings. The largest absolute Gasteiger partial charge is 0.481 e. The van der Waals surface area contributed by atoms with E-state index in [4.69, 9.17) is 5.11 Å². The van der Waals surface area contributed by atoms with Gasteiger partial charge >= 0.3 is 12.0 Å². The maximum absolute atomic E-state index is 12.5. The molecule has 25 heavy (non-hydrogen) atoms. The van der Waals surface area contributed by atoms with Crippen LogP contribution >= 0.6 is 0 Å². The molecular weight excluding hydrogens is 322 g/mol. The van der Waals surface area contributed by atoms with Crippen molar-refractivity contribution in [3.05, 3.63) is 24.3 Å². The van der Waals surface area contributed by atoms with Gasteiger partial charge in [0.2, 0.25) is 5.91 Å². The lowest BCUT2D eigenvalue weighted by Gasteiger charge is -2.28. The van der Waals surface area contributed by atoms with Crippen molar-refractivity contribution < 1.29 is 19.5 Å². The van der Waals surface area contributed by atoms with Gasteiger partial charge in [-0.05, 0) is 43.9 Å². The number of carboxylic acid groups (broad SMARTS) is 1. The molecule has 1 heterocycles. The summed E-state index contributed by atoms with van der Waals surface area (Å²) in [6.45, 7) is 1.32. The number of benzene rings is 1. The van der Waals surface area contributed by atoms with Crippen molar-refractivity contribution in [2.45, 2.75) is 32.1 Å². The fourth-order valence-electron chi connectivity index (χ4n) is 3.52. The summed E-state index contributed by atoms with van der Waals surface area (Å²) in [6, 6.07) is 7.06. The van der Waals surface area contributed by atoms with Crippen LogP contribution in [0.1, 0.15) is 32.1 Å². The Morgan fingerprint density at radius 3 is 2.76 bits per heavy atom. The quantitative estimate of drug-likeness (QED) is 0.780. The molecule has 3 amide bonds. The second-order valence-electron chi connectivity index (χ2n) is 6.68. The van der Waals surface area contributed by atoms with Gasteiger partial charge in [-0.2, -0.15) is 0 Å². The minimum Gasteiger partial charge on any atom is -0.481 e. The average Bonchev–Trinajstić information content (AvgIpc) is 2.62. The van der Waals surface area contributed by atoms with Gasteiger partial charge in [0.05, 0.1) is 5.92 Å². The van der Waals surface area contributed by atoms with Crippen molar-refractivity contribution in [1.29, 1.82) is 0 Å². The van der Waals surface area contributed by atoms with E-state index in [0.717, 1.165) is 18.5 Å². The molecule has 1 aromatic carbocycles. The predicted octanol–water partition coefficient (Wildman–Crippen LogP) is 2.44. The number of amides is 3. The first-order chi connectivity index (χ1) is 12.0. The number of nitrogens with one attached hydrogen (secondary N) is 2. The molecule has 2 aliphatic rings. The molecule has 1 aliphatic carbocycles. The van der Waals surface area contributed by atoms with Gasteiger partial charge in [-0.15, -0.1) is 0 Å². The number of carbonyl (C=O) groups is 3. The third-order valence-corrected chi connectivity index (χ3v) is 4.90. The van der Waals surface area contributed by atoms with E-state index in [9.17, 15) is 14.4 Å². The SMILES string of the molecule is O=C(O)C1CCCC(C(=O)Nc2cccc(N3CCCNC3=O)c2)C1. The Morgan fingerprint density at radius 1 is 1.20 bits per heavy atom. The summed E-state index contributed by atoms with van der Waals surface area (Å²) in [4.78, 5) is 37.2. The van der Waals surface area contributed by atoms with Crippen LogP contribution in [0.5, 0.6) is 0 Å². The van der Waals surface area contributed by atoms with Gasteiger partial charge < -0.3 is 15.7 Å². The highest BCUT2D eigenvalue weighted by atomic mass is 16.4. The molecule has 3 N–H and O–H groups in total. The summed E-state index contributed by atoms with van der Waals surface area (Å²) in [6.07, 6.45) is 3.36. The van der Waals surface area contributed by atoms with Crippen LogP contribution < -0.4 is 15.5 Å². The lowest BCUT2D eigenvalue weighted by molar-refractivity contribution is -0.143. The fraction of sp³-hybridized carbons (Fsp3) is 0.500. The van der Waals surface area contributed by atoms with Gasteiger partial charge in [0.15, 0.2) is 0 Å². The van der Waals surface area contributed by atoms with Crippen LogP contribution in [0.2, 0.25) is 0 Å². The van der Waals surface area contributed by atoms with E-state index in [1.54, 1.807) is 23.1 Å². The topological polar surface area (TPSA) is 98.7 Å². The number of urea groups is 1. The molecule has 1 aliphatic heterocycles. The smallest absolute Gasteiger partial charge is 0.321 e. The number of anilines is 2. The number of carboxylic acids is 1. The van der Waals surface area contributed by atoms with Crippen LogP contribution in [0.4, 0.5) is 16.2 Å². The first kappa shape index (κ1) is 17.3. The van der Waals surface area contributed by atoms with Crippen LogP contribution in [0.15, 0.2) is 24.3 Å². The highest BCUT2D eigenvalue weighted by Gasteiger charge is 2.31. The number of carbonyl (C=O) groups excluding carboxylic acids is 2. The number of nitrogens with zero attached hydrogens (tertiary/aromatic N) is 1. The Bertz CT molecular complexity index is 676. The molecule has 0 radical (unpaired) electrons. The Kier molecular flexibility index (Phi) is 5.21. The molecular formula is C18H23N3O4. The van der Waals surface area contributed by atoms with Crippen molar-refractivity contribution in [3.8, 4) is 0 Å². The number of aliphatic carboxylic acids is 1. The molecule has 1 saturated carbocycles. The molecule has 1 saturated heterocycles. The maximum atomic E-state index is 12.5. The highest BCUT2D eigenvalue weighted by molar-refractivity contribution is 5.96. The Labute approximate surface area is 146 Å². The average molecular weight is 345 g/mol. The van der Waals surface area contributed by atoms with Gasteiger partial charge in [-0.25, -0.2) is 4.79 Å². The molecule has 0 aromatic heterocycles. The third-order valence-electron chi connectivity index (χ3n) is 4.90. The third kappa shape index (κ3) is 4.10. The number of rotatable bonds is 4. The van der Waals surface area contributed by atoms with E-state index < -0.39 is 11.9 Å². The molecule has 134 valence electrons. The van der Waals surface area contributed by atoms with E-state index in [1.165, 1.54) is 0 Å². The lowest BCUT2D eigenvalue weighted by Crippen LogP contribution is -2.46. The summed E-state index contributed by atoms with van der Waals surface area (Å²) in [7, 11) is 0. The van der Waals surface area contributed by atoms with E-state index in [1.807, 2.05) is 6.07 Å². The van der Waals surface area contributed by atoms with Crippen LogP contribution in [-0.4, -0.2) is 36.1 Å². The molecule has 2 unspecified atom stereocenters. The lowest BCUT2D eigenvalue weighted by atomic mass is 9.81. The van der Waals surface area contributed by atoms with Gasteiger partial charge in [0.1, 0.15) is 0 Å². The molecule has 2 atom stereocenters. The van der Waals surface area contributed by atoms with Crippen molar-refractivity contribution in [2.24, 2.45) is 11.8 Å². The summed E-state index contributed by atoms with van der Waals surface area (Å²) in [5, 5.41) is 14.8. The molecule has 1 aromatic rings. The second kappa shape index (κ2) is 7.55. The summed E-state index contributed by atoms with van der Waals surface area (Å²) in [5.74, 6) is -1.69. The zero-order chi connectivity index (χ0) is 17.8. The van der Waals surface area contributed by atoms with Crippen molar-refractivity contribution in [3.63, 3.8) is 0 Å². The fourth-order valence-corrected chi connectivity index (χ4v) is 3.52. The van der Waals surface area contributed by atoms with Gasteiger partial charge in [-0.3, -0.25) is 14.5 Å². The van der Waals surface area contributed by atoms with Gasteiger partial charge in [0, 0.05) is 30.4 Å². The van der Waals surface area contributed by atoms with E-state index in [0.29, 0.717) is 38.0 Å². The minimum absolute atomic E-state index is 0.133. The standard InChI is InChI=1S/C18H23N3O4/c22-16(12-4-1-5-13(10-12)17(23)24)20-14-6-2-7-15(11-14)21-9-3-8-19-18(21)25/h2,6-7,11-13H,1,3-5,8-10H2,(H,19,25)(H,20,22)(H,23,24). The second-order valence-corrected chi connectivity index (χ2v) is 6.68. The summed E-state index contributed by atoms with van der Waals surface area (Å²) < 4.78 is 0. The van der Waals surface area contributed by atoms with Crippen LogP contribution in [0, 0.1) is 11.8 Å². The van der Waals surface area contributed by atoms with Crippen molar-refractivity contribution >= 4 is 29.3 Å². The molecule has 7 heteroatoms. The molecule has 7 nitrogen and oxygen atoms in total. The summed E-state index contributed by atoms with van der Waals surface area (Å²) in [5.41, 5.74) is 1.36. The Balaban J connectivity index is 1.66. The highest BCUT2D eigenvalue weighted by Crippen LogP contribution is 2.30. The van der Waals surface area contributed by atoms with Crippen molar-refractivity contribution in [2.75, 3.05) is 23.3 Å². The predicted molar refractivity (Wildman–Crippen MR) is 93.5 cm³/mol.